The summed E-state index contributed by atoms with van der Waals surface area (Å²) in [6.45, 7) is 1.34. The predicted molar refractivity (Wildman–Crippen MR) is 91.3 cm³/mol. The lowest BCUT2D eigenvalue weighted by Gasteiger charge is -2.20. The fraction of sp³-hybridized carbons (Fsp3) is 0.278. The van der Waals surface area contributed by atoms with E-state index >= 15 is 0 Å². The molecule has 2 aromatic rings. The Labute approximate surface area is 136 Å². The molecule has 0 heterocycles. The zero-order valence-corrected chi connectivity index (χ0v) is 13.7. The predicted octanol–water partition coefficient (Wildman–Crippen LogP) is 3.37. The van der Waals surface area contributed by atoms with Crippen LogP contribution in [0.15, 0.2) is 48.5 Å². The number of benzene rings is 2. The van der Waals surface area contributed by atoms with Crippen LogP contribution in [0.2, 0.25) is 5.02 Å². The average Bonchev–Trinajstić information content (AvgIpc) is 2.54. The Morgan fingerprint density at radius 3 is 2.41 bits per heavy atom. The van der Waals surface area contributed by atoms with Crippen LogP contribution in [-0.4, -0.2) is 31.4 Å². The van der Waals surface area contributed by atoms with Crippen LogP contribution in [0.3, 0.4) is 0 Å². The molecule has 0 radical (unpaired) electrons. The number of carbonyl (C=O) groups excluding carboxylic acids is 1. The number of nitrogens with one attached hydrogen (secondary N) is 1. The zero-order chi connectivity index (χ0) is 15.9. The Morgan fingerprint density at radius 2 is 1.73 bits per heavy atom. The molecule has 0 atom stereocenters. The van der Waals surface area contributed by atoms with Gasteiger partial charge in [-0.3, -0.25) is 4.79 Å². The SMILES string of the molecule is CNCCc1ccccc1C(=O)N(C)Cc1ccccc1Cl. The van der Waals surface area contributed by atoms with E-state index in [4.69, 9.17) is 11.6 Å². The number of rotatable bonds is 6. The number of hydrogen-bond donors (Lipinski definition) is 1. The summed E-state index contributed by atoms with van der Waals surface area (Å²) in [6.07, 6.45) is 0.832. The number of amides is 1. The van der Waals surface area contributed by atoms with E-state index in [1.165, 1.54) is 0 Å². The van der Waals surface area contributed by atoms with Crippen LogP contribution in [0.5, 0.6) is 0 Å². The van der Waals surface area contributed by atoms with Gasteiger partial charge in [0.25, 0.3) is 5.91 Å². The first-order valence-electron chi connectivity index (χ1n) is 7.35. The highest BCUT2D eigenvalue weighted by molar-refractivity contribution is 6.31. The normalized spacial score (nSPS) is 10.5. The molecule has 0 saturated carbocycles. The van der Waals surface area contributed by atoms with Crippen molar-refractivity contribution in [3.05, 3.63) is 70.2 Å². The molecule has 3 nitrogen and oxygen atoms in total. The molecular formula is C18H21ClN2O. The van der Waals surface area contributed by atoms with Crippen molar-refractivity contribution in [2.24, 2.45) is 0 Å². The molecule has 0 aliphatic rings. The van der Waals surface area contributed by atoms with Crippen molar-refractivity contribution in [3.63, 3.8) is 0 Å². The number of hydrogen-bond acceptors (Lipinski definition) is 2. The second kappa shape index (κ2) is 7.97. The van der Waals surface area contributed by atoms with Gasteiger partial charge in [0.1, 0.15) is 0 Å². The summed E-state index contributed by atoms with van der Waals surface area (Å²) in [7, 11) is 3.72. The maximum Gasteiger partial charge on any atom is 0.254 e. The molecule has 0 aromatic heterocycles. The first-order valence-corrected chi connectivity index (χ1v) is 7.72. The van der Waals surface area contributed by atoms with Gasteiger partial charge in [-0.1, -0.05) is 48.0 Å². The fourth-order valence-corrected chi connectivity index (χ4v) is 2.56. The summed E-state index contributed by atoms with van der Waals surface area (Å²) in [4.78, 5) is 14.4. The molecule has 0 aliphatic heterocycles. The topological polar surface area (TPSA) is 32.3 Å². The van der Waals surface area contributed by atoms with Crippen LogP contribution in [0.4, 0.5) is 0 Å². The summed E-state index contributed by atoms with van der Waals surface area (Å²) in [5, 5.41) is 3.80. The zero-order valence-electron chi connectivity index (χ0n) is 13.0. The molecule has 0 saturated heterocycles. The van der Waals surface area contributed by atoms with Gasteiger partial charge < -0.3 is 10.2 Å². The van der Waals surface area contributed by atoms with Gasteiger partial charge in [0.2, 0.25) is 0 Å². The third-order valence-electron chi connectivity index (χ3n) is 3.60. The smallest absolute Gasteiger partial charge is 0.254 e. The van der Waals surface area contributed by atoms with Crippen molar-refractivity contribution in [3.8, 4) is 0 Å². The Hall–Kier alpha value is -1.84. The molecule has 0 spiro atoms. The molecule has 116 valence electrons. The Bertz CT molecular complexity index is 642. The largest absolute Gasteiger partial charge is 0.337 e. The molecule has 1 N–H and O–H groups in total. The molecule has 2 rings (SSSR count). The maximum absolute atomic E-state index is 12.7. The molecule has 22 heavy (non-hydrogen) atoms. The van der Waals surface area contributed by atoms with E-state index < -0.39 is 0 Å². The minimum atomic E-state index is 0.0200. The number of carbonyl (C=O) groups is 1. The second-order valence-corrected chi connectivity index (χ2v) is 5.67. The van der Waals surface area contributed by atoms with Crippen molar-refractivity contribution in [2.75, 3.05) is 20.6 Å². The van der Waals surface area contributed by atoms with Gasteiger partial charge in [-0.05, 0) is 43.3 Å². The lowest BCUT2D eigenvalue weighted by atomic mass is 10.0. The van der Waals surface area contributed by atoms with Gasteiger partial charge in [-0.25, -0.2) is 0 Å². The van der Waals surface area contributed by atoms with E-state index in [0.717, 1.165) is 29.7 Å². The molecule has 4 heteroatoms. The standard InChI is InChI=1S/C18H21ClN2O/c1-20-12-11-14-7-3-5-9-16(14)18(22)21(2)13-15-8-4-6-10-17(15)19/h3-10,20H,11-13H2,1-2H3. The summed E-state index contributed by atoms with van der Waals surface area (Å²) in [6, 6.07) is 15.4. The minimum Gasteiger partial charge on any atom is -0.337 e. The molecular weight excluding hydrogens is 296 g/mol. The van der Waals surface area contributed by atoms with Gasteiger partial charge in [0.05, 0.1) is 0 Å². The van der Waals surface area contributed by atoms with E-state index in [2.05, 4.69) is 5.32 Å². The summed E-state index contributed by atoms with van der Waals surface area (Å²) in [5.41, 5.74) is 2.77. The van der Waals surface area contributed by atoms with Crippen LogP contribution < -0.4 is 5.32 Å². The Morgan fingerprint density at radius 1 is 1.09 bits per heavy atom. The Balaban J connectivity index is 2.15. The minimum absolute atomic E-state index is 0.0200. The monoisotopic (exact) mass is 316 g/mol. The van der Waals surface area contributed by atoms with Crippen molar-refractivity contribution >= 4 is 17.5 Å². The number of halogens is 1. The molecule has 0 aliphatic carbocycles. The van der Waals surface area contributed by atoms with Crippen molar-refractivity contribution in [1.82, 2.24) is 10.2 Å². The van der Waals surface area contributed by atoms with Crippen molar-refractivity contribution in [1.29, 1.82) is 0 Å². The van der Waals surface area contributed by atoms with E-state index in [-0.39, 0.29) is 5.91 Å². The van der Waals surface area contributed by atoms with Crippen LogP contribution in [-0.2, 0) is 13.0 Å². The first-order chi connectivity index (χ1) is 10.6. The highest BCUT2D eigenvalue weighted by Gasteiger charge is 2.16. The van der Waals surface area contributed by atoms with Gasteiger partial charge in [-0.2, -0.15) is 0 Å². The molecule has 0 fully saturated rings. The third-order valence-corrected chi connectivity index (χ3v) is 3.97. The third kappa shape index (κ3) is 4.09. The summed E-state index contributed by atoms with van der Waals surface area (Å²) in [5.74, 6) is 0.0200. The highest BCUT2D eigenvalue weighted by Crippen LogP contribution is 2.18. The average molecular weight is 317 g/mol. The van der Waals surface area contributed by atoms with Gasteiger partial charge >= 0.3 is 0 Å². The lowest BCUT2D eigenvalue weighted by molar-refractivity contribution is 0.0784. The number of likely N-dealkylation sites (N-methyl/N-ethyl adjacent to an activating group) is 1. The first kappa shape index (κ1) is 16.5. The highest BCUT2D eigenvalue weighted by atomic mass is 35.5. The molecule has 1 amide bonds. The summed E-state index contributed by atoms with van der Waals surface area (Å²) < 4.78 is 0. The van der Waals surface area contributed by atoms with Gasteiger partial charge in [-0.15, -0.1) is 0 Å². The molecule has 0 bridgehead atoms. The molecule has 0 unspecified atom stereocenters. The quantitative estimate of drug-likeness (QED) is 0.886. The van der Waals surface area contributed by atoms with E-state index in [0.29, 0.717) is 11.6 Å². The van der Waals surface area contributed by atoms with E-state index in [9.17, 15) is 4.79 Å². The van der Waals surface area contributed by atoms with E-state index in [1.54, 1.807) is 11.9 Å². The summed E-state index contributed by atoms with van der Waals surface area (Å²) >= 11 is 6.17. The Kier molecular flexibility index (Phi) is 5.99. The van der Waals surface area contributed by atoms with Crippen molar-refractivity contribution < 1.29 is 4.79 Å². The van der Waals surface area contributed by atoms with Crippen molar-refractivity contribution in [2.45, 2.75) is 13.0 Å². The maximum atomic E-state index is 12.7. The van der Waals surface area contributed by atoms with Crippen LogP contribution in [0.1, 0.15) is 21.5 Å². The second-order valence-electron chi connectivity index (χ2n) is 5.26. The van der Waals surface area contributed by atoms with Gasteiger partial charge in [0.15, 0.2) is 0 Å². The fourth-order valence-electron chi connectivity index (χ4n) is 2.37. The lowest BCUT2D eigenvalue weighted by Crippen LogP contribution is -2.27. The number of nitrogens with zero attached hydrogens (tertiary/aromatic N) is 1. The van der Waals surface area contributed by atoms with E-state index in [1.807, 2.05) is 55.6 Å². The van der Waals surface area contributed by atoms with Crippen LogP contribution >= 0.6 is 11.6 Å². The van der Waals surface area contributed by atoms with Crippen LogP contribution in [0.25, 0.3) is 0 Å². The van der Waals surface area contributed by atoms with Crippen LogP contribution in [0, 0.1) is 0 Å². The van der Waals surface area contributed by atoms with Gasteiger partial charge in [0, 0.05) is 24.2 Å². The molecule has 2 aromatic carbocycles.